The second kappa shape index (κ2) is 6.92. The van der Waals surface area contributed by atoms with Crippen LogP contribution in [0.1, 0.15) is 31.1 Å². The lowest BCUT2D eigenvalue weighted by Crippen LogP contribution is -2.06. The third-order valence-corrected chi connectivity index (χ3v) is 3.36. The van der Waals surface area contributed by atoms with Gasteiger partial charge < -0.3 is 9.84 Å². The smallest absolute Gasteiger partial charge is 0.142 e. The zero-order chi connectivity index (χ0) is 15.4. The molecule has 2 aromatic carbocycles. The summed E-state index contributed by atoms with van der Waals surface area (Å²) in [6, 6.07) is 11.8. The first-order valence-electron chi connectivity index (χ1n) is 6.84. The monoisotopic (exact) mass is 308 g/mol. The Balaban J connectivity index is 2.05. The maximum absolute atomic E-state index is 13.4. The molecule has 0 amide bonds. The molecule has 0 aromatic heterocycles. The van der Waals surface area contributed by atoms with Crippen LogP contribution in [0.3, 0.4) is 0 Å². The van der Waals surface area contributed by atoms with Gasteiger partial charge in [-0.15, -0.1) is 0 Å². The summed E-state index contributed by atoms with van der Waals surface area (Å²) >= 11 is 5.64. The molecule has 2 rings (SSSR count). The van der Waals surface area contributed by atoms with Gasteiger partial charge in [-0.2, -0.15) is 0 Å². The van der Waals surface area contributed by atoms with Crippen LogP contribution >= 0.6 is 11.6 Å². The molecule has 0 aliphatic rings. The molecule has 0 fully saturated rings. The number of rotatable bonds is 5. The van der Waals surface area contributed by atoms with Crippen LogP contribution in [-0.2, 0) is 6.42 Å². The van der Waals surface area contributed by atoms with E-state index < -0.39 is 11.9 Å². The first-order chi connectivity index (χ1) is 9.95. The number of aliphatic hydroxyl groups excluding tert-OH is 1. The van der Waals surface area contributed by atoms with E-state index >= 15 is 0 Å². The lowest BCUT2D eigenvalue weighted by Gasteiger charge is -2.14. The Morgan fingerprint density at radius 2 is 1.81 bits per heavy atom. The number of ether oxygens (including phenoxy) is 1. The van der Waals surface area contributed by atoms with Gasteiger partial charge in [0.2, 0.25) is 0 Å². The van der Waals surface area contributed by atoms with Crippen LogP contribution in [0.15, 0.2) is 42.5 Å². The van der Waals surface area contributed by atoms with E-state index in [-0.39, 0.29) is 11.1 Å². The van der Waals surface area contributed by atoms with Crippen molar-refractivity contribution in [1.29, 1.82) is 0 Å². The largest absolute Gasteiger partial charge is 0.491 e. The Morgan fingerprint density at radius 3 is 2.38 bits per heavy atom. The van der Waals surface area contributed by atoms with Crippen molar-refractivity contribution >= 4 is 11.6 Å². The van der Waals surface area contributed by atoms with Gasteiger partial charge in [-0.1, -0.05) is 29.8 Å². The highest BCUT2D eigenvalue weighted by Gasteiger charge is 2.10. The van der Waals surface area contributed by atoms with Crippen molar-refractivity contribution in [3.05, 3.63) is 64.4 Å². The summed E-state index contributed by atoms with van der Waals surface area (Å²) in [7, 11) is 0. The predicted molar refractivity (Wildman–Crippen MR) is 82.3 cm³/mol. The number of hydrogen-bond donors (Lipinski definition) is 1. The number of aliphatic hydroxyl groups is 1. The summed E-state index contributed by atoms with van der Waals surface area (Å²) in [6.45, 7) is 3.91. The van der Waals surface area contributed by atoms with Gasteiger partial charge in [0.15, 0.2) is 0 Å². The molecule has 0 saturated heterocycles. The molecular formula is C17H18ClFO2. The van der Waals surface area contributed by atoms with Crippen LogP contribution in [0.25, 0.3) is 0 Å². The molecule has 1 atom stereocenters. The SMILES string of the molecule is CC(C)Oc1ccc(C(O)Cc2ccc(Cl)c(F)c2)cc1. The van der Waals surface area contributed by atoms with Crippen molar-refractivity contribution in [3.8, 4) is 5.75 Å². The van der Waals surface area contributed by atoms with Crippen LogP contribution in [-0.4, -0.2) is 11.2 Å². The third-order valence-electron chi connectivity index (χ3n) is 3.05. The fourth-order valence-electron chi connectivity index (χ4n) is 2.05. The van der Waals surface area contributed by atoms with E-state index in [4.69, 9.17) is 16.3 Å². The number of benzene rings is 2. The molecule has 4 heteroatoms. The Bertz CT molecular complexity index is 596. The minimum Gasteiger partial charge on any atom is -0.491 e. The molecule has 2 aromatic rings. The summed E-state index contributed by atoms with van der Waals surface area (Å²) in [6.07, 6.45) is -0.255. The van der Waals surface area contributed by atoms with Crippen molar-refractivity contribution in [2.45, 2.75) is 32.5 Å². The van der Waals surface area contributed by atoms with Crippen molar-refractivity contribution in [2.75, 3.05) is 0 Å². The maximum atomic E-state index is 13.4. The van der Waals surface area contributed by atoms with Gasteiger partial charge in [0.25, 0.3) is 0 Å². The highest BCUT2D eigenvalue weighted by molar-refractivity contribution is 6.30. The van der Waals surface area contributed by atoms with Gasteiger partial charge >= 0.3 is 0 Å². The van der Waals surface area contributed by atoms with E-state index in [2.05, 4.69) is 0 Å². The van der Waals surface area contributed by atoms with Crippen molar-refractivity contribution in [3.63, 3.8) is 0 Å². The predicted octanol–water partition coefficient (Wildman–Crippen LogP) is 4.54. The van der Waals surface area contributed by atoms with E-state index in [9.17, 15) is 9.50 Å². The summed E-state index contributed by atoms with van der Waals surface area (Å²) in [5.74, 6) is 0.292. The molecular weight excluding hydrogens is 291 g/mol. The van der Waals surface area contributed by atoms with Crippen molar-refractivity contribution in [1.82, 2.24) is 0 Å². The quantitative estimate of drug-likeness (QED) is 0.878. The molecule has 21 heavy (non-hydrogen) atoms. The van der Waals surface area contributed by atoms with Gasteiger partial charge in [0.1, 0.15) is 11.6 Å². The van der Waals surface area contributed by atoms with Crippen molar-refractivity contribution < 1.29 is 14.2 Å². The molecule has 1 N–H and O–H groups in total. The molecule has 0 aliphatic carbocycles. The maximum Gasteiger partial charge on any atom is 0.142 e. The zero-order valence-corrected chi connectivity index (χ0v) is 12.8. The number of hydrogen-bond acceptors (Lipinski definition) is 2. The zero-order valence-electron chi connectivity index (χ0n) is 12.0. The van der Waals surface area contributed by atoms with Gasteiger partial charge in [-0.25, -0.2) is 4.39 Å². The summed E-state index contributed by atoms with van der Waals surface area (Å²) in [5, 5.41) is 10.3. The lowest BCUT2D eigenvalue weighted by molar-refractivity contribution is 0.178. The van der Waals surface area contributed by atoms with Crippen LogP contribution in [0, 0.1) is 5.82 Å². The van der Waals surface area contributed by atoms with Gasteiger partial charge in [-0.3, -0.25) is 0 Å². The fourth-order valence-corrected chi connectivity index (χ4v) is 2.17. The Hall–Kier alpha value is -1.58. The minimum absolute atomic E-state index is 0.0865. The van der Waals surface area contributed by atoms with Gasteiger partial charge in [-0.05, 0) is 49.2 Å². The van der Waals surface area contributed by atoms with Crippen LogP contribution in [0.2, 0.25) is 5.02 Å². The number of halogens is 2. The standard InChI is InChI=1S/C17H18ClFO2/c1-11(2)21-14-6-4-13(5-7-14)17(20)10-12-3-8-15(18)16(19)9-12/h3-9,11,17,20H,10H2,1-2H3. The van der Waals surface area contributed by atoms with Crippen LogP contribution < -0.4 is 4.74 Å². The van der Waals surface area contributed by atoms with Gasteiger partial charge in [0, 0.05) is 6.42 Å². The molecule has 0 saturated carbocycles. The molecule has 112 valence electrons. The highest BCUT2D eigenvalue weighted by Crippen LogP contribution is 2.23. The van der Waals surface area contributed by atoms with Crippen LogP contribution in [0.4, 0.5) is 4.39 Å². The Labute approximate surface area is 129 Å². The average molecular weight is 309 g/mol. The Kier molecular flexibility index (Phi) is 5.21. The average Bonchev–Trinajstić information content (AvgIpc) is 2.43. The van der Waals surface area contributed by atoms with Crippen LogP contribution in [0.5, 0.6) is 5.75 Å². The first kappa shape index (κ1) is 15.8. The molecule has 1 unspecified atom stereocenters. The summed E-state index contributed by atoms with van der Waals surface area (Å²) < 4.78 is 18.9. The first-order valence-corrected chi connectivity index (χ1v) is 7.22. The summed E-state index contributed by atoms with van der Waals surface area (Å²) in [4.78, 5) is 0. The third kappa shape index (κ3) is 4.45. The van der Waals surface area contributed by atoms with Gasteiger partial charge in [0.05, 0.1) is 17.2 Å². The van der Waals surface area contributed by atoms with E-state index in [1.807, 2.05) is 38.1 Å². The topological polar surface area (TPSA) is 29.5 Å². The lowest BCUT2D eigenvalue weighted by atomic mass is 10.0. The van der Waals surface area contributed by atoms with E-state index in [1.165, 1.54) is 12.1 Å². The van der Waals surface area contributed by atoms with E-state index in [0.29, 0.717) is 12.0 Å². The normalized spacial score (nSPS) is 12.5. The molecule has 2 nitrogen and oxygen atoms in total. The minimum atomic E-state index is -0.696. The molecule has 0 radical (unpaired) electrons. The van der Waals surface area contributed by atoms with E-state index in [1.54, 1.807) is 6.07 Å². The van der Waals surface area contributed by atoms with Crippen molar-refractivity contribution in [2.24, 2.45) is 0 Å². The Morgan fingerprint density at radius 1 is 1.14 bits per heavy atom. The second-order valence-corrected chi connectivity index (χ2v) is 5.61. The summed E-state index contributed by atoms with van der Waals surface area (Å²) in [5.41, 5.74) is 1.47. The molecule has 0 spiro atoms. The van der Waals surface area contributed by atoms with E-state index in [0.717, 1.165) is 11.3 Å². The highest BCUT2D eigenvalue weighted by atomic mass is 35.5. The second-order valence-electron chi connectivity index (χ2n) is 5.20. The molecule has 0 bridgehead atoms. The molecule has 0 heterocycles. The fraction of sp³-hybridized carbons (Fsp3) is 0.294. The molecule has 0 aliphatic heterocycles.